The summed E-state index contributed by atoms with van der Waals surface area (Å²) in [5.74, 6) is 1.93. The smallest absolute Gasteiger partial charge is 0.269 e. The normalized spacial score (nSPS) is 12.2. The summed E-state index contributed by atoms with van der Waals surface area (Å²) >= 11 is 0. The van der Waals surface area contributed by atoms with Crippen molar-refractivity contribution in [1.29, 1.82) is 0 Å². The van der Waals surface area contributed by atoms with Gasteiger partial charge in [0.25, 0.3) is 5.69 Å². The minimum absolute atomic E-state index is 0.0658. The summed E-state index contributed by atoms with van der Waals surface area (Å²) in [7, 11) is 3.26. The predicted octanol–water partition coefficient (Wildman–Crippen LogP) is 2.74. The standard InChI is InChI=1S/C19H24N4O4/c1-14(27-18-10-5-4-9-17(18)26-3)12-21-19(20-2)22-13-15-7-6-8-16(11-15)23(24)25/h4-11,14H,12-13H2,1-3H3,(H2,20,21,22). The van der Waals surface area contributed by atoms with Crippen LogP contribution in [0.4, 0.5) is 5.69 Å². The van der Waals surface area contributed by atoms with Crippen molar-refractivity contribution in [1.82, 2.24) is 10.6 Å². The van der Waals surface area contributed by atoms with Crippen molar-refractivity contribution < 1.29 is 14.4 Å². The molecule has 1 atom stereocenters. The second kappa shape index (κ2) is 10.0. The molecule has 0 bridgehead atoms. The highest BCUT2D eigenvalue weighted by molar-refractivity contribution is 5.79. The first-order chi connectivity index (χ1) is 13.0. The van der Waals surface area contributed by atoms with Gasteiger partial charge in [0.1, 0.15) is 6.10 Å². The zero-order chi connectivity index (χ0) is 19.6. The van der Waals surface area contributed by atoms with E-state index in [9.17, 15) is 10.1 Å². The van der Waals surface area contributed by atoms with Crippen LogP contribution in [-0.4, -0.2) is 37.7 Å². The SMILES string of the molecule is CN=C(NCc1cccc([N+](=O)[O-])c1)NCC(C)Oc1ccccc1OC. The third-order valence-electron chi connectivity index (χ3n) is 3.76. The van der Waals surface area contributed by atoms with Crippen LogP contribution >= 0.6 is 0 Å². The Hall–Kier alpha value is -3.29. The number of hydrogen-bond donors (Lipinski definition) is 2. The number of methoxy groups -OCH3 is 1. The van der Waals surface area contributed by atoms with Crippen LogP contribution in [0, 0.1) is 10.1 Å². The number of guanidine groups is 1. The molecule has 8 nitrogen and oxygen atoms in total. The molecule has 0 aliphatic rings. The predicted molar refractivity (Wildman–Crippen MR) is 104 cm³/mol. The minimum Gasteiger partial charge on any atom is -0.493 e. The Kier molecular flexibility index (Phi) is 7.42. The lowest BCUT2D eigenvalue weighted by molar-refractivity contribution is -0.384. The van der Waals surface area contributed by atoms with Crippen LogP contribution in [0.3, 0.4) is 0 Å². The number of ether oxygens (including phenoxy) is 2. The number of nitrogens with one attached hydrogen (secondary N) is 2. The van der Waals surface area contributed by atoms with Crippen molar-refractivity contribution in [3.63, 3.8) is 0 Å². The second-order valence-corrected chi connectivity index (χ2v) is 5.81. The van der Waals surface area contributed by atoms with E-state index < -0.39 is 4.92 Å². The fourth-order valence-electron chi connectivity index (χ4n) is 2.40. The van der Waals surface area contributed by atoms with Gasteiger partial charge in [-0.3, -0.25) is 15.1 Å². The second-order valence-electron chi connectivity index (χ2n) is 5.81. The number of nitrogens with zero attached hydrogens (tertiary/aromatic N) is 2. The van der Waals surface area contributed by atoms with E-state index in [1.165, 1.54) is 12.1 Å². The van der Waals surface area contributed by atoms with Gasteiger partial charge in [-0.2, -0.15) is 0 Å². The fraction of sp³-hybridized carbons (Fsp3) is 0.316. The Balaban J connectivity index is 1.84. The molecule has 8 heteroatoms. The third kappa shape index (κ3) is 6.18. The van der Waals surface area contributed by atoms with E-state index in [-0.39, 0.29) is 11.8 Å². The average molecular weight is 372 g/mol. The fourth-order valence-corrected chi connectivity index (χ4v) is 2.40. The molecule has 2 aromatic carbocycles. The average Bonchev–Trinajstić information content (AvgIpc) is 2.68. The number of nitro benzene ring substituents is 1. The molecule has 0 saturated heterocycles. The Morgan fingerprint density at radius 3 is 2.59 bits per heavy atom. The van der Waals surface area contributed by atoms with Crippen LogP contribution in [0.5, 0.6) is 11.5 Å². The summed E-state index contributed by atoms with van der Waals surface area (Å²) in [5, 5.41) is 17.2. The molecule has 2 aromatic rings. The third-order valence-corrected chi connectivity index (χ3v) is 3.76. The first kappa shape index (κ1) is 20.0. The molecule has 0 amide bonds. The Morgan fingerprint density at radius 1 is 1.19 bits per heavy atom. The van der Waals surface area contributed by atoms with Gasteiger partial charge in [0, 0.05) is 25.7 Å². The zero-order valence-corrected chi connectivity index (χ0v) is 15.6. The Morgan fingerprint density at radius 2 is 1.93 bits per heavy atom. The monoisotopic (exact) mass is 372 g/mol. The van der Waals surface area contributed by atoms with Crippen LogP contribution in [-0.2, 0) is 6.54 Å². The number of nitro groups is 1. The van der Waals surface area contributed by atoms with E-state index >= 15 is 0 Å². The van der Waals surface area contributed by atoms with Gasteiger partial charge in [-0.1, -0.05) is 24.3 Å². The Labute approximate surface area is 158 Å². The molecular weight excluding hydrogens is 348 g/mol. The maximum Gasteiger partial charge on any atom is 0.269 e. The van der Waals surface area contributed by atoms with Crippen molar-refractivity contribution in [3.05, 3.63) is 64.2 Å². The van der Waals surface area contributed by atoms with Crippen LogP contribution in [0.1, 0.15) is 12.5 Å². The van der Waals surface area contributed by atoms with Crippen molar-refractivity contribution in [3.8, 4) is 11.5 Å². The zero-order valence-electron chi connectivity index (χ0n) is 15.6. The van der Waals surface area contributed by atoms with E-state index in [0.29, 0.717) is 30.5 Å². The highest BCUT2D eigenvalue weighted by Crippen LogP contribution is 2.26. The van der Waals surface area contributed by atoms with Crippen molar-refractivity contribution >= 4 is 11.6 Å². The highest BCUT2D eigenvalue weighted by atomic mass is 16.6. The lowest BCUT2D eigenvalue weighted by Crippen LogP contribution is -2.41. The first-order valence-corrected chi connectivity index (χ1v) is 8.51. The maximum atomic E-state index is 10.8. The number of hydrogen-bond acceptors (Lipinski definition) is 5. The number of benzene rings is 2. The van der Waals surface area contributed by atoms with Crippen LogP contribution in [0.15, 0.2) is 53.5 Å². The molecule has 0 radical (unpaired) electrons. The number of para-hydroxylation sites is 2. The lowest BCUT2D eigenvalue weighted by Gasteiger charge is -2.19. The van der Waals surface area contributed by atoms with Crippen LogP contribution in [0.2, 0.25) is 0 Å². The first-order valence-electron chi connectivity index (χ1n) is 8.51. The minimum atomic E-state index is -0.409. The molecule has 0 fully saturated rings. The topological polar surface area (TPSA) is 98.0 Å². The number of non-ortho nitro benzene ring substituents is 1. The number of rotatable bonds is 8. The molecule has 0 heterocycles. The molecule has 0 spiro atoms. The van der Waals surface area contributed by atoms with E-state index in [1.807, 2.05) is 37.3 Å². The molecule has 0 aliphatic carbocycles. The van der Waals surface area contributed by atoms with Crippen molar-refractivity contribution in [2.45, 2.75) is 19.6 Å². The van der Waals surface area contributed by atoms with E-state index in [0.717, 1.165) is 5.56 Å². The summed E-state index contributed by atoms with van der Waals surface area (Å²) < 4.78 is 11.2. The van der Waals surface area contributed by atoms with Gasteiger partial charge < -0.3 is 20.1 Å². The molecular formula is C19H24N4O4. The quantitative estimate of drug-likeness (QED) is 0.320. The van der Waals surface area contributed by atoms with Crippen molar-refractivity contribution in [2.75, 3.05) is 20.7 Å². The molecule has 2 rings (SSSR count). The van der Waals surface area contributed by atoms with E-state index in [4.69, 9.17) is 9.47 Å². The van der Waals surface area contributed by atoms with Gasteiger partial charge in [0.2, 0.25) is 0 Å². The molecule has 1 unspecified atom stereocenters. The highest BCUT2D eigenvalue weighted by Gasteiger charge is 2.10. The summed E-state index contributed by atoms with van der Waals surface area (Å²) in [6.07, 6.45) is -0.127. The molecule has 2 N–H and O–H groups in total. The largest absolute Gasteiger partial charge is 0.493 e. The van der Waals surface area contributed by atoms with Gasteiger partial charge >= 0.3 is 0 Å². The summed E-state index contributed by atoms with van der Waals surface area (Å²) in [6, 6.07) is 13.9. The van der Waals surface area contributed by atoms with Crippen LogP contribution < -0.4 is 20.1 Å². The van der Waals surface area contributed by atoms with Gasteiger partial charge in [0.05, 0.1) is 18.6 Å². The van der Waals surface area contributed by atoms with E-state index in [2.05, 4.69) is 15.6 Å². The lowest BCUT2D eigenvalue weighted by atomic mass is 10.2. The Bertz CT molecular complexity index is 795. The maximum absolute atomic E-state index is 10.8. The molecule has 144 valence electrons. The van der Waals surface area contributed by atoms with Crippen molar-refractivity contribution in [2.24, 2.45) is 4.99 Å². The molecule has 0 aliphatic heterocycles. The van der Waals surface area contributed by atoms with Gasteiger partial charge in [-0.25, -0.2) is 0 Å². The molecule has 0 aromatic heterocycles. The van der Waals surface area contributed by atoms with E-state index in [1.54, 1.807) is 20.2 Å². The van der Waals surface area contributed by atoms with Crippen LogP contribution in [0.25, 0.3) is 0 Å². The van der Waals surface area contributed by atoms with Gasteiger partial charge in [-0.05, 0) is 24.6 Å². The van der Waals surface area contributed by atoms with Gasteiger partial charge in [-0.15, -0.1) is 0 Å². The molecule has 0 saturated carbocycles. The summed E-state index contributed by atoms with van der Waals surface area (Å²) in [5.41, 5.74) is 0.863. The summed E-state index contributed by atoms with van der Waals surface area (Å²) in [6.45, 7) is 2.88. The van der Waals surface area contributed by atoms with Gasteiger partial charge in [0.15, 0.2) is 17.5 Å². The summed E-state index contributed by atoms with van der Waals surface area (Å²) in [4.78, 5) is 14.6. The number of aliphatic imine (C=N–C) groups is 1. The molecule has 27 heavy (non-hydrogen) atoms.